The number of rotatable bonds is 14. The van der Waals surface area contributed by atoms with E-state index in [1.54, 1.807) is 18.7 Å². The molecule has 0 aliphatic rings. The molecule has 0 heterocycles. The van der Waals surface area contributed by atoms with Gasteiger partial charge >= 0.3 is 11.9 Å². The lowest BCUT2D eigenvalue weighted by Crippen LogP contribution is -2.39. The highest BCUT2D eigenvalue weighted by atomic mass is 32.2. The minimum absolute atomic E-state index is 0. The third kappa shape index (κ3) is 16.0. The molecule has 0 saturated carbocycles. The van der Waals surface area contributed by atoms with Gasteiger partial charge in [-0.1, -0.05) is 33.2 Å². The van der Waals surface area contributed by atoms with E-state index in [0.29, 0.717) is 5.75 Å². The lowest BCUT2D eigenvalue weighted by Gasteiger charge is -2.26. The summed E-state index contributed by atoms with van der Waals surface area (Å²) in [6.07, 6.45) is 0. The van der Waals surface area contributed by atoms with E-state index in [1.807, 2.05) is 0 Å². The van der Waals surface area contributed by atoms with Gasteiger partial charge in [0.1, 0.15) is 0 Å². The highest BCUT2D eigenvalue weighted by Crippen LogP contribution is 2.15. The average Bonchev–Trinajstić information content (AvgIpc) is 2.58. The zero-order chi connectivity index (χ0) is 21.0. The molecule has 11 heteroatoms. The predicted molar refractivity (Wildman–Crippen MR) is 139 cm³/mol. The minimum Gasteiger partial charge on any atom is -0.460 e. The van der Waals surface area contributed by atoms with Crippen LogP contribution in [-0.2, 0) is 27.3 Å². The lowest BCUT2D eigenvalue weighted by atomic mass is 10.2. The molecule has 0 radical (unpaired) electrons. The normalized spacial score (nSPS) is 12.5. The molecular weight excluding hydrogens is 457 g/mol. The van der Waals surface area contributed by atoms with Gasteiger partial charge in [0, 0.05) is 18.1 Å². The van der Waals surface area contributed by atoms with E-state index >= 15 is 0 Å². The van der Waals surface area contributed by atoms with Gasteiger partial charge in [0.2, 0.25) is 6.79 Å². The predicted octanol–water partition coefficient (Wildman–Crippen LogP) is 2.89. The summed E-state index contributed by atoms with van der Waals surface area (Å²) in [6.45, 7) is 19.4. The summed E-state index contributed by atoms with van der Waals surface area (Å²) in [7, 11) is -4.17. The third-order valence-electron chi connectivity index (χ3n) is 3.64. The molecule has 0 aliphatic carbocycles. The molecule has 1 unspecified atom stereocenters. The Hall–Kier alpha value is -0.442. The molecule has 0 bridgehead atoms. The molecule has 0 amide bonds. The highest BCUT2D eigenvalue weighted by molar-refractivity contribution is 8.00. The quantitative estimate of drug-likeness (QED) is 0.119. The van der Waals surface area contributed by atoms with E-state index in [9.17, 15) is 9.59 Å². The van der Waals surface area contributed by atoms with Gasteiger partial charge in [-0.3, -0.25) is 4.79 Å². The molecule has 0 aromatic heterocycles. The van der Waals surface area contributed by atoms with Gasteiger partial charge in [-0.25, -0.2) is 4.79 Å². The molecule has 0 saturated heterocycles. The van der Waals surface area contributed by atoms with Crippen LogP contribution < -0.4 is 0 Å². The molecule has 29 heavy (non-hydrogen) atoms. The molecule has 0 aliphatic heterocycles. The van der Waals surface area contributed by atoms with Crippen LogP contribution in [0, 0.1) is 5.92 Å². The largest absolute Gasteiger partial charge is 0.460 e. The Morgan fingerprint density at radius 3 is 2.31 bits per heavy atom. The first-order chi connectivity index (χ1) is 12.5. The second-order valence-electron chi connectivity index (χ2n) is 7.09. The molecule has 0 aromatic rings. The summed E-state index contributed by atoms with van der Waals surface area (Å²) < 4.78 is 21.8. The minimum atomic E-state index is -1.84. The van der Waals surface area contributed by atoms with E-state index in [4.69, 9.17) is 17.7 Å². The summed E-state index contributed by atoms with van der Waals surface area (Å²) in [5, 5.41) is 0.938. The number of hydrogen-bond donors (Lipinski definition) is 0. The number of hydrogen-bond acceptors (Lipinski definition) is 7. The van der Waals surface area contributed by atoms with Crippen LogP contribution in [0.5, 0.6) is 0 Å². The molecule has 0 rings (SSSR count). The number of esters is 2. The Morgan fingerprint density at radius 2 is 1.79 bits per heavy atom. The van der Waals surface area contributed by atoms with Crippen LogP contribution in [0.4, 0.5) is 0 Å². The van der Waals surface area contributed by atoms with Crippen LogP contribution in [0.1, 0.15) is 30.1 Å². The fraction of sp³-hybridized carbons (Fsp3) is 0.667. The first-order valence-electron chi connectivity index (χ1n) is 8.98. The van der Waals surface area contributed by atoms with Gasteiger partial charge < -0.3 is 17.7 Å². The first kappa shape index (κ1) is 33.2. The van der Waals surface area contributed by atoms with Crippen LogP contribution in [0.15, 0.2) is 23.6 Å². The monoisotopic (exact) mass is 500 g/mol. The van der Waals surface area contributed by atoms with Crippen molar-refractivity contribution in [2.75, 3.05) is 17.9 Å². The third-order valence-corrected chi connectivity index (χ3v) is 18.3. The highest BCUT2D eigenvalue weighted by Gasteiger charge is 2.26. The topological polar surface area (TPSA) is 71.1 Å². The summed E-state index contributed by atoms with van der Waals surface area (Å²) >= 11 is 1.70. The van der Waals surface area contributed by atoms with Crippen LogP contribution in [0.3, 0.4) is 0 Å². The Bertz CT molecular complexity index is 535. The van der Waals surface area contributed by atoms with Crippen molar-refractivity contribution in [3.05, 3.63) is 23.6 Å². The number of ether oxygens (including phenoxy) is 2. The first-order valence-corrected chi connectivity index (χ1v) is 18.7. The van der Waals surface area contributed by atoms with Crippen LogP contribution in [-0.4, -0.2) is 66.7 Å². The fourth-order valence-corrected chi connectivity index (χ4v) is 12.4. The maximum atomic E-state index is 11.9. The van der Waals surface area contributed by atoms with E-state index in [1.165, 1.54) is 11.7 Å². The van der Waals surface area contributed by atoms with Crippen molar-refractivity contribution < 1.29 is 28.7 Å². The van der Waals surface area contributed by atoms with Gasteiger partial charge in [-0.15, -0.1) is 6.58 Å². The molecule has 174 valence electrons. The zero-order valence-corrected chi connectivity index (χ0v) is 23.3. The molecule has 0 aromatic carbocycles. The van der Waals surface area contributed by atoms with Crippen molar-refractivity contribution in [2.45, 2.75) is 54.9 Å². The Morgan fingerprint density at radius 1 is 1.21 bits per heavy atom. The second-order valence-corrected chi connectivity index (χ2v) is 20.0. The number of carbonyl (C=O) groups is 2. The zero-order valence-electron chi connectivity index (χ0n) is 17.5. The van der Waals surface area contributed by atoms with Crippen LogP contribution in [0.25, 0.3) is 0 Å². The maximum Gasteiger partial charge on any atom is 0.335 e. The van der Waals surface area contributed by atoms with Crippen molar-refractivity contribution in [1.82, 2.24) is 0 Å². The molecule has 1 atom stereocenters. The Labute approximate surface area is 191 Å². The molecular formula is C18H44O6SSi4. The van der Waals surface area contributed by atoms with Gasteiger partial charge in [-0.2, -0.15) is 11.8 Å². The van der Waals surface area contributed by atoms with Gasteiger partial charge in [0.25, 0.3) is 0 Å². The summed E-state index contributed by atoms with van der Waals surface area (Å²) in [5.74, 6) is -0.539. The Kier molecular flexibility index (Phi) is 19.8. The van der Waals surface area contributed by atoms with E-state index < -0.39 is 42.9 Å². The molecule has 6 nitrogen and oxygen atoms in total. The molecule has 0 fully saturated rings. The summed E-state index contributed by atoms with van der Waals surface area (Å²) in [4.78, 5) is 24.3. The summed E-state index contributed by atoms with van der Waals surface area (Å²) in [6, 6.07) is 0. The molecule has 0 spiro atoms. The van der Waals surface area contributed by atoms with Crippen molar-refractivity contribution in [2.24, 2.45) is 5.92 Å². The fourth-order valence-electron chi connectivity index (χ4n) is 1.63. The van der Waals surface area contributed by atoms with Crippen molar-refractivity contribution in [3.8, 4) is 0 Å². The van der Waals surface area contributed by atoms with Crippen molar-refractivity contribution >= 4 is 60.6 Å². The van der Waals surface area contributed by atoms with E-state index in [0.717, 1.165) is 5.38 Å². The average molecular weight is 501 g/mol. The lowest BCUT2D eigenvalue weighted by molar-refractivity contribution is -0.166. The SMILES string of the molecule is C.C.C=C(C)C(=O)OCOC(=O)C(C)CSC[SiH2]O[Si](C)(C)C(=C)[SiH2]O[SiH](C)C.[HH]. The number of thioether (sulfide) groups is 1. The van der Waals surface area contributed by atoms with Crippen LogP contribution in [0.2, 0.25) is 26.2 Å². The van der Waals surface area contributed by atoms with Crippen molar-refractivity contribution in [1.29, 1.82) is 0 Å². The smallest absolute Gasteiger partial charge is 0.335 e. The van der Waals surface area contributed by atoms with Gasteiger partial charge in [-0.05, 0) is 33.1 Å². The van der Waals surface area contributed by atoms with Crippen molar-refractivity contribution in [3.63, 3.8) is 0 Å². The second kappa shape index (κ2) is 17.3. The molecule has 0 N–H and O–H groups in total. The standard InChI is InChI=1S/C16H34O6SSi4.2CH4.H2/c1-12(2)15(17)19-10-20-16(18)13(3)9-23-11-24-22-27(7,8)14(4)25-21-26(5)6;;;/h13,26H,1,4,9-11,24-25H2,2-3,5-8H3;2*1H4;1H. The maximum absolute atomic E-state index is 11.9. The summed E-state index contributed by atoms with van der Waals surface area (Å²) in [5.41, 5.74) is 0.272. The van der Waals surface area contributed by atoms with Gasteiger partial charge in [0.15, 0.2) is 36.9 Å². The van der Waals surface area contributed by atoms with E-state index in [2.05, 4.69) is 39.3 Å². The van der Waals surface area contributed by atoms with Gasteiger partial charge in [0.05, 0.1) is 5.92 Å². The van der Waals surface area contributed by atoms with E-state index in [-0.39, 0.29) is 40.5 Å². The van der Waals surface area contributed by atoms with Crippen LogP contribution >= 0.6 is 11.8 Å². The number of carbonyl (C=O) groups excluding carboxylic acids is 2. The Balaban J connectivity index is -0.00000113.